The van der Waals surface area contributed by atoms with Crippen LogP contribution in [0, 0.1) is 10.5 Å². The molecule has 0 atom stereocenters. The number of anilines is 2. The van der Waals surface area contributed by atoms with Gasteiger partial charge in [-0.25, -0.2) is 10.8 Å². The van der Waals surface area contributed by atoms with E-state index in [9.17, 15) is 4.79 Å². The van der Waals surface area contributed by atoms with E-state index >= 15 is 0 Å². The first-order valence-electron chi connectivity index (χ1n) is 5.46. The van der Waals surface area contributed by atoms with Crippen molar-refractivity contribution in [2.45, 2.75) is 6.92 Å². The first kappa shape index (κ1) is 13.7. The van der Waals surface area contributed by atoms with Gasteiger partial charge in [-0.2, -0.15) is 0 Å². The average Bonchev–Trinajstić information content (AvgIpc) is 2.43. The number of halogens is 1. The van der Waals surface area contributed by atoms with Crippen LogP contribution in [0.5, 0.6) is 0 Å². The summed E-state index contributed by atoms with van der Waals surface area (Å²) in [5.41, 5.74) is 4.42. The Bertz CT molecular complexity index is 617. The minimum atomic E-state index is -0.329. The van der Waals surface area contributed by atoms with Gasteiger partial charge in [-0.15, -0.1) is 0 Å². The van der Waals surface area contributed by atoms with Crippen molar-refractivity contribution in [3.05, 3.63) is 45.4 Å². The maximum atomic E-state index is 12.0. The molecular weight excluding hydrogens is 357 g/mol. The molecule has 1 aromatic carbocycles. The molecule has 7 heteroatoms. The van der Waals surface area contributed by atoms with E-state index in [0.29, 0.717) is 11.5 Å². The third-order valence-corrected chi connectivity index (χ3v) is 3.61. The molecule has 6 nitrogen and oxygen atoms in total. The maximum Gasteiger partial charge on any atom is 0.275 e. The largest absolute Gasteiger partial charge is 0.321 e. The molecule has 0 unspecified atom stereocenters. The average molecular weight is 369 g/mol. The van der Waals surface area contributed by atoms with Crippen molar-refractivity contribution in [2.24, 2.45) is 5.84 Å². The highest BCUT2D eigenvalue weighted by Gasteiger charge is 2.09. The lowest BCUT2D eigenvalue weighted by molar-refractivity contribution is 0.102. The zero-order chi connectivity index (χ0) is 13.8. The zero-order valence-electron chi connectivity index (χ0n) is 10.1. The number of amides is 1. The Kier molecular flexibility index (Phi) is 4.27. The smallest absolute Gasteiger partial charge is 0.275 e. The van der Waals surface area contributed by atoms with E-state index in [1.807, 2.05) is 25.1 Å². The van der Waals surface area contributed by atoms with Gasteiger partial charge in [0.25, 0.3) is 5.91 Å². The molecule has 2 rings (SSSR count). The Hall–Kier alpha value is -1.74. The van der Waals surface area contributed by atoms with Gasteiger partial charge in [-0.3, -0.25) is 9.78 Å². The van der Waals surface area contributed by atoms with Gasteiger partial charge in [-0.1, -0.05) is 6.07 Å². The number of nitrogens with zero attached hydrogens (tertiary/aromatic N) is 2. The van der Waals surface area contributed by atoms with E-state index in [2.05, 4.69) is 43.3 Å². The Labute approximate surface area is 123 Å². The zero-order valence-corrected chi connectivity index (χ0v) is 12.3. The van der Waals surface area contributed by atoms with Gasteiger partial charge in [0.15, 0.2) is 5.82 Å². The number of hydrogen-bond acceptors (Lipinski definition) is 5. The van der Waals surface area contributed by atoms with Crippen molar-refractivity contribution >= 4 is 40.0 Å². The monoisotopic (exact) mass is 369 g/mol. The summed E-state index contributed by atoms with van der Waals surface area (Å²) in [5, 5.41) is 2.76. The molecule has 19 heavy (non-hydrogen) atoms. The number of carbonyl (C=O) groups is 1. The fourth-order valence-corrected chi connectivity index (χ4v) is 1.93. The molecule has 0 saturated carbocycles. The molecule has 0 aliphatic heterocycles. The molecule has 1 aromatic heterocycles. The summed E-state index contributed by atoms with van der Waals surface area (Å²) in [6.45, 7) is 2.01. The fourth-order valence-electron chi connectivity index (χ4n) is 1.41. The molecule has 1 heterocycles. The number of aryl methyl sites for hydroxylation is 1. The topological polar surface area (TPSA) is 92.9 Å². The van der Waals surface area contributed by atoms with Crippen molar-refractivity contribution < 1.29 is 4.79 Å². The summed E-state index contributed by atoms with van der Waals surface area (Å²) in [6.07, 6.45) is 2.82. The minimum Gasteiger partial charge on any atom is -0.321 e. The molecule has 0 aliphatic rings. The Morgan fingerprint density at radius 3 is 2.84 bits per heavy atom. The molecule has 0 bridgehead atoms. The lowest BCUT2D eigenvalue weighted by atomic mass is 10.2. The van der Waals surface area contributed by atoms with Crippen LogP contribution in [0.15, 0.2) is 30.6 Å². The quantitative estimate of drug-likeness (QED) is 0.437. The molecule has 0 radical (unpaired) electrons. The van der Waals surface area contributed by atoms with Crippen LogP contribution in [0.4, 0.5) is 11.5 Å². The second-order valence-corrected chi connectivity index (χ2v) is 5.01. The Morgan fingerprint density at radius 2 is 2.16 bits per heavy atom. The molecular formula is C12H12IN5O. The fraction of sp³-hybridized carbons (Fsp3) is 0.0833. The number of nitrogens with one attached hydrogen (secondary N) is 2. The van der Waals surface area contributed by atoms with E-state index in [1.165, 1.54) is 12.4 Å². The first-order chi connectivity index (χ1) is 9.10. The summed E-state index contributed by atoms with van der Waals surface area (Å²) >= 11 is 2.22. The maximum absolute atomic E-state index is 12.0. The van der Waals surface area contributed by atoms with Crippen LogP contribution in [0.2, 0.25) is 0 Å². The summed E-state index contributed by atoms with van der Waals surface area (Å²) in [4.78, 5) is 19.9. The van der Waals surface area contributed by atoms with Gasteiger partial charge < -0.3 is 10.7 Å². The van der Waals surface area contributed by atoms with Gasteiger partial charge in [0.1, 0.15) is 5.69 Å². The number of carbonyl (C=O) groups excluding carboxylic acids is 1. The molecule has 2 aromatic rings. The van der Waals surface area contributed by atoms with Crippen LogP contribution in [-0.4, -0.2) is 15.9 Å². The van der Waals surface area contributed by atoms with Gasteiger partial charge in [0, 0.05) is 9.26 Å². The number of hydrazine groups is 1. The molecule has 0 saturated heterocycles. The van der Waals surface area contributed by atoms with E-state index in [-0.39, 0.29) is 11.6 Å². The van der Waals surface area contributed by atoms with Crippen LogP contribution in [-0.2, 0) is 0 Å². The van der Waals surface area contributed by atoms with Crippen molar-refractivity contribution in [3.63, 3.8) is 0 Å². The van der Waals surface area contributed by atoms with Crippen LogP contribution >= 0.6 is 22.6 Å². The third kappa shape index (κ3) is 3.38. The van der Waals surface area contributed by atoms with E-state index < -0.39 is 0 Å². The van der Waals surface area contributed by atoms with Crippen molar-refractivity contribution in [1.29, 1.82) is 0 Å². The molecule has 0 fully saturated rings. The van der Waals surface area contributed by atoms with Crippen LogP contribution in [0.25, 0.3) is 0 Å². The standard InChI is InChI=1S/C12H12IN5O/c1-7-2-3-8(4-9(7)13)16-12(19)10-5-15-6-11(17-10)18-14/h2-6H,14H2,1H3,(H,16,19)(H,17,18). The van der Waals surface area contributed by atoms with Crippen molar-refractivity contribution in [2.75, 3.05) is 10.7 Å². The second kappa shape index (κ2) is 5.93. The van der Waals surface area contributed by atoms with E-state index in [0.717, 1.165) is 9.13 Å². The highest BCUT2D eigenvalue weighted by Crippen LogP contribution is 2.17. The second-order valence-electron chi connectivity index (χ2n) is 3.85. The molecule has 98 valence electrons. The van der Waals surface area contributed by atoms with E-state index in [4.69, 9.17) is 5.84 Å². The predicted octanol–water partition coefficient (Wildman–Crippen LogP) is 1.93. The summed E-state index contributed by atoms with van der Waals surface area (Å²) < 4.78 is 1.08. The van der Waals surface area contributed by atoms with Crippen molar-refractivity contribution in [1.82, 2.24) is 9.97 Å². The third-order valence-electron chi connectivity index (χ3n) is 2.44. The number of aromatic nitrogens is 2. The Balaban J connectivity index is 2.18. The van der Waals surface area contributed by atoms with Gasteiger partial charge in [0.2, 0.25) is 0 Å². The number of hydrogen-bond donors (Lipinski definition) is 3. The highest BCUT2D eigenvalue weighted by atomic mass is 127. The van der Waals surface area contributed by atoms with Gasteiger partial charge >= 0.3 is 0 Å². The van der Waals surface area contributed by atoms with Crippen LogP contribution < -0.4 is 16.6 Å². The minimum absolute atomic E-state index is 0.200. The lowest BCUT2D eigenvalue weighted by Gasteiger charge is -2.07. The molecule has 0 spiro atoms. The predicted molar refractivity (Wildman–Crippen MR) is 81.7 cm³/mol. The SMILES string of the molecule is Cc1ccc(NC(=O)c2cncc(NN)n2)cc1I. The van der Waals surface area contributed by atoms with E-state index in [1.54, 1.807) is 0 Å². The first-order valence-corrected chi connectivity index (χ1v) is 6.54. The van der Waals surface area contributed by atoms with Gasteiger partial charge in [0.05, 0.1) is 12.4 Å². The summed E-state index contributed by atoms with van der Waals surface area (Å²) in [7, 11) is 0. The van der Waals surface area contributed by atoms with Crippen LogP contribution in [0.3, 0.4) is 0 Å². The highest BCUT2D eigenvalue weighted by molar-refractivity contribution is 14.1. The molecule has 1 amide bonds. The number of rotatable bonds is 3. The molecule has 0 aliphatic carbocycles. The number of nitrogen functional groups attached to an aromatic ring is 1. The number of benzene rings is 1. The summed E-state index contributed by atoms with van der Waals surface area (Å²) in [6, 6.07) is 5.68. The van der Waals surface area contributed by atoms with Crippen molar-refractivity contribution in [3.8, 4) is 0 Å². The normalized spacial score (nSPS) is 10.1. The molecule has 4 N–H and O–H groups in total. The van der Waals surface area contributed by atoms with Gasteiger partial charge in [-0.05, 0) is 47.2 Å². The van der Waals surface area contributed by atoms with Crippen LogP contribution in [0.1, 0.15) is 16.1 Å². The lowest BCUT2D eigenvalue weighted by Crippen LogP contribution is -2.16. The Morgan fingerprint density at radius 1 is 1.37 bits per heavy atom. The summed E-state index contributed by atoms with van der Waals surface area (Å²) in [5.74, 6) is 5.23. The number of nitrogens with two attached hydrogens (primary N) is 1.